The quantitative estimate of drug-likeness (QED) is 0.641. The van der Waals surface area contributed by atoms with E-state index in [1.54, 1.807) is 17.0 Å². The maximum absolute atomic E-state index is 13.5. The predicted octanol–water partition coefficient (Wildman–Crippen LogP) is 2.29. The molecule has 0 saturated carbocycles. The Morgan fingerprint density at radius 2 is 1.66 bits per heavy atom. The summed E-state index contributed by atoms with van der Waals surface area (Å²) in [5, 5.41) is 0. The monoisotopic (exact) mass is 499 g/mol. The van der Waals surface area contributed by atoms with Gasteiger partial charge in [-0.3, -0.25) is 9.59 Å². The summed E-state index contributed by atoms with van der Waals surface area (Å²) in [6, 6.07) is 11.9. The summed E-state index contributed by atoms with van der Waals surface area (Å²) in [4.78, 5) is 28.6. The molecule has 3 heterocycles. The second-order valence-corrected chi connectivity index (χ2v) is 10.9. The number of nitrogens with zero attached hydrogens (tertiary/aromatic N) is 3. The molecule has 0 aliphatic carbocycles. The highest BCUT2D eigenvalue weighted by atomic mass is 32.2. The number of benzene rings is 2. The van der Waals surface area contributed by atoms with Gasteiger partial charge in [0.25, 0.3) is 5.91 Å². The molecule has 2 aromatic carbocycles. The van der Waals surface area contributed by atoms with E-state index in [0.717, 1.165) is 18.4 Å². The van der Waals surface area contributed by atoms with Crippen LogP contribution in [0, 0.1) is 0 Å². The Bertz CT molecular complexity index is 1240. The van der Waals surface area contributed by atoms with Gasteiger partial charge >= 0.3 is 0 Å². The molecule has 0 N–H and O–H groups in total. The Balaban J connectivity index is 1.35. The molecule has 0 bridgehead atoms. The summed E-state index contributed by atoms with van der Waals surface area (Å²) in [5.74, 6) is 1.14. The van der Waals surface area contributed by atoms with Crippen LogP contribution in [0.25, 0.3) is 0 Å². The van der Waals surface area contributed by atoms with E-state index in [0.29, 0.717) is 49.9 Å². The van der Waals surface area contributed by atoms with Crippen LogP contribution in [0.5, 0.6) is 11.5 Å². The standard InChI is InChI=1S/C25H29N3O6S/c1-18(29)26-10-12-27(13-11-26)35(31,32)21-5-2-4-20(16-21)25(30)28-9-3-6-22(28)19-7-8-23-24(17-19)34-15-14-33-23/h2,4-5,7-8,16-17,22H,3,6,9-15H2,1H3. The summed E-state index contributed by atoms with van der Waals surface area (Å²) in [7, 11) is -3.77. The largest absolute Gasteiger partial charge is 0.486 e. The van der Waals surface area contributed by atoms with Gasteiger partial charge in [-0.25, -0.2) is 8.42 Å². The number of hydrogen-bond acceptors (Lipinski definition) is 6. The zero-order valence-electron chi connectivity index (χ0n) is 19.7. The first-order chi connectivity index (χ1) is 16.8. The fraction of sp³-hybridized carbons (Fsp3) is 0.440. The third-order valence-electron chi connectivity index (χ3n) is 6.87. The highest BCUT2D eigenvalue weighted by molar-refractivity contribution is 7.89. The van der Waals surface area contributed by atoms with Gasteiger partial charge in [0.1, 0.15) is 13.2 Å². The highest BCUT2D eigenvalue weighted by Crippen LogP contribution is 2.38. The molecule has 5 rings (SSSR count). The number of carbonyl (C=O) groups excluding carboxylic acids is 2. The topological polar surface area (TPSA) is 96.5 Å². The first kappa shape index (κ1) is 23.6. The number of carbonyl (C=O) groups is 2. The second-order valence-electron chi connectivity index (χ2n) is 9.00. The fourth-order valence-electron chi connectivity index (χ4n) is 4.97. The van der Waals surface area contributed by atoms with Crippen LogP contribution in [0.1, 0.15) is 41.7 Å². The zero-order valence-corrected chi connectivity index (χ0v) is 20.5. The van der Waals surface area contributed by atoms with Crippen LogP contribution >= 0.6 is 0 Å². The molecule has 186 valence electrons. The van der Waals surface area contributed by atoms with Gasteiger partial charge in [0.2, 0.25) is 15.9 Å². The van der Waals surface area contributed by atoms with Crippen LogP contribution in [0.4, 0.5) is 0 Å². The summed E-state index contributed by atoms with van der Waals surface area (Å²) >= 11 is 0. The van der Waals surface area contributed by atoms with Crippen molar-refractivity contribution >= 4 is 21.8 Å². The van der Waals surface area contributed by atoms with Crippen LogP contribution in [-0.2, 0) is 14.8 Å². The molecular formula is C25H29N3O6S. The summed E-state index contributed by atoms with van der Waals surface area (Å²) in [6.07, 6.45) is 1.69. The number of amides is 2. The van der Waals surface area contributed by atoms with Crippen molar-refractivity contribution in [1.29, 1.82) is 0 Å². The van der Waals surface area contributed by atoms with Gasteiger partial charge in [0.05, 0.1) is 10.9 Å². The minimum Gasteiger partial charge on any atom is -0.486 e. The number of piperazine rings is 1. The summed E-state index contributed by atoms with van der Waals surface area (Å²) in [5.41, 5.74) is 1.32. The number of ether oxygens (including phenoxy) is 2. The first-order valence-electron chi connectivity index (χ1n) is 11.9. The van der Waals surface area contributed by atoms with E-state index >= 15 is 0 Å². The van der Waals surface area contributed by atoms with Gasteiger partial charge in [0, 0.05) is 45.2 Å². The Hall–Kier alpha value is -3.11. The zero-order chi connectivity index (χ0) is 24.6. The van der Waals surface area contributed by atoms with Crippen molar-refractivity contribution in [2.75, 3.05) is 45.9 Å². The van der Waals surface area contributed by atoms with Crippen molar-refractivity contribution < 1.29 is 27.5 Å². The highest BCUT2D eigenvalue weighted by Gasteiger charge is 2.33. The Morgan fingerprint density at radius 3 is 2.40 bits per heavy atom. The number of rotatable bonds is 4. The molecule has 9 nitrogen and oxygen atoms in total. The lowest BCUT2D eigenvalue weighted by atomic mass is 10.0. The van der Waals surface area contributed by atoms with E-state index in [4.69, 9.17) is 9.47 Å². The molecule has 2 fully saturated rings. The van der Waals surface area contributed by atoms with Crippen LogP contribution in [0.2, 0.25) is 0 Å². The minimum absolute atomic E-state index is 0.0622. The molecule has 0 spiro atoms. The van der Waals surface area contributed by atoms with Crippen molar-refractivity contribution in [3.05, 3.63) is 53.6 Å². The minimum atomic E-state index is -3.77. The molecule has 2 aromatic rings. The van der Waals surface area contributed by atoms with Gasteiger partial charge in [-0.1, -0.05) is 12.1 Å². The van der Waals surface area contributed by atoms with Gasteiger partial charge < -0.3 is 19.3 Å². The lowest BCUT2D eigenvalue weighted by molar-refractivity contribution is -0.129. The van der Waals surface area contributed by atoms with Crippen molar-refractivity contribution in [3.63, 3.8) is 0 Å². The van der Waals surface area contributed by atoms with Crippen LogP contribution in [0.3, 0.4) is 0 Å². The van der Waals surface area contributed by atoms with E-state index in [9.17, 15) is 18.0 Å². The van der Waals surface area contributed by atoms with Gasteiger partial charge in [-0.15, -0.1) is 0 Å². The average Bonchev–Trinajstić information content (AvgIpc) is 3.38. The predicted molar refractivity (Wildman–Crippen MR) is 128 cm³/mol. The molecule has 2 saturated heterocycles. The molecule has 10 heteroatoms. The maximum atomic E-state index is 13.5. The second kappa shape index (κ2) is 9.50. The maximum Gasteiger partial charge on any atom is 0.254 e. The van der Waals surface area contributed by atoms with E-state index < -0.39 is 10.0 Å². The van der Waals surface area contributed by atoms with Crippen molar-refractivity contribution in [2.24, 2.45) is 0 Å². The molecular weight excluding hydrogens is 470 g/mol. The first-order valence-corrected chi connectivity index (χ1v) is 13.3. The van der Waals surface area contributed by atoms with Crippen LogP contribution < -0.4 is 9.47 Å². The van der Waals surface area contributed by atoms with Crippen LogP contribution in [-0.4, -0.2) is 80.3 Å². The van der Waals surface area contributed by atoms with Crippen molar-refractivity contribution in [2.45, 2.75) is 30.7 Å². The Labute approximate surface area is 205 Å². The van der Waals surface area contributed by atoms with Crippen molar-refractivity contribution in [1.82, 2.24) is 14.1 Å². The molecule has 35 heavy (non-hydrogen) atoms. The molecule has 3 aliphatic rings. The third-order valence-corrected chi connectivity index (χ3v) is 8.76. The van der Waals surface area contributed by atoms with Gasteiger partial charge in [-0.05, 0) is 48.7 Å². The van der Waals surface area contributed by atoms with E-state index in [1.165, 1.54) is 23.4 Å². The Kier molecular flexibility index (Phi) is 6.41. The van der Waals surface area contributed by atoms with Crippen molar-refractivity contribution in [3.8, 4) is 11.5 Å². The normalized spacial score (nSPS) is 20.7. The lowest BCUT2D eigenvalue weighted by Crippen LogP contribution is -2.49. The van der Waals surface area contributed by atoms with E-state index in [-0.39, 0.29) is 35.8 Å². The Morgan fingerprint density at radius 1 is 0.914 bits per heavy atom. The summed E-state index contributed by atoms with van der Waals surface area (Å²) in [6.45, 7) is 4.28. The molecule has 3 aliphatic heterocycles. The van der Waals surface area contributed by atoms with E-state index in [1.807, 2.05) is 23.1 Å². The molecule has 2 amide bonds. The van der Waals surface area contributed by atoms with Gasteiger partial charge in [0.15, 0.2) is 11.5 Å². The summed E-state index contributed by atoms with van der Waals surface area (Å²) < 4.78 is 39.2. The molecule has 0 radical (unpaired) electrons. The SMILES string of the molecule is CC(=O)N1CCN(S(=O)(=O)c2cccc(C(=O)N3CCCC3c3ccc4c(c3)OCCO4)c2)CC1. The smallest absolute Gasteiger partial charge is 0.254 e. The molecule has 1 unspecified atom stereocenters. The van der Waals surface area contributed by atoms with E-state index in [2.05, 4.69) is 0 Å². The third kappa shape index (κ3) is 4.60. The number of fused-ring (bicyclic) bond motifs is 1. The molecule has 1 atom stereocenters. The lowest BCUT2D eigenvalue weighted by Gasteiger charge is -2.33. The fourth-order valence-corrected chi connectivity index (χ4v) is 6.44. The number of hydrogen-bond donors (Lipinski definition) is 0. The van der Waals surface area contributed by atoms with Gasteiger partial charge in [-0.2, -0.15) is 4.31 Å². The van der Waals surface area contributed by atoms with Crippen LogP contribution in [0.15, 0.2) is 47.4 Å². The number of sulfonamides is 1. The average molecular weight is 500 g/mol. The number of likely N-dealkylation sites (tertiary alicyclic amines) is 1. The molecule has 0 aromatic heterocycles.